The summed E-state index contributed by atoms with van der Waals surface area (Å²) in [5, 5.41) is 2.75. The van der Waals surface area contributed by atoms with Crippen molar-refractivity contribution in [2.45, 2.75) is 0 Å². The Hall–Kier alpha value is -1.73. The molecule has 5 heteroatoms. The molecule has 2 nitrogen and oxygen atoms in total. The Bertz CT molecular complexity index is 1010. The van der Waals surface area contributed by atoms with Crippen molar-refractivity contribution in [3.05, 3.63) is 82.6 Å². The molecule has 1 aliphatic heterocycles. The third kappa shape index (κ3) is 2.68. The molecule has 3 aromatic carbocycles. The van der Waals surface area contributed by atoms with E-state index in [0.717, 1.165) is 27.5 Å². The van der Waals surface area contributed by atoms with Crippen LogP contribution in [0.1, 0.15) is 11.1 Å². The standard InChI is InChI=1S/C18H11Cl2O2P/c19-13-8-9-18-16(10-13)17(11-23(20,21)22-18)15-7-3-5-12-4-1-2-6-14(12)15/h1-11H. The van der Waals surface area contributed by atoms with Crippen molar-refractivity contribution in [1.82, 2.24) is 0 Å². The van der Waals surface area contributed by atoms with Gasteiger partial charge in [0.2, 0.25) is 0 Å². The van der Waals surface area contributed by atoms with Crippen molar-refractivity contribution in [2.24, 2.45) is 0 Å². The molecule has 4 rings (SSSR count). The summed E-state index contributed by atoms with van der Waals surface area (Å²) in [4.78, 5) is 0. The smallest absolute Gasteiger partial charge is 0.360 e. The molecule has 0 saturated carbocycles. The number of rotatable bonds is 1. The minimum Gasteiger partial charge on any atom is -0.429 e. The molecular formula is C18H11Cl2O2P. The van der Waals surface area contributed by atoms with Crippen molar-refractivity contribution in [1.29, 1.82) is 0 Å². The molecule has 0 N–H and O–H groups in total. The molecule has 0 saturated heterocycles. The highest BCUT2D eigenvalue weighted by atomic mass is 35.7. The molecule has 1 atom stereocenters. The van der Waals surface area contributed by atoms with E-state index in [1.807, 2.05) is 42.5 Å². The molecule has 0 aliphatic carbocycles. The lowest BCUT2D eigenvalue weighted by atomic mass is 9.94. The molecule has 0 spiro atoms. The summed E-state index contributed by atoms with van der Waals surface area (Å²) in [6.45, 7) is -3.37. The zero-order valence-corrected chi connectivity index (χ0v) is 14.3. The highest BCUT2D eigenvalue weighted by Gasteiger charge is 2.29. The van der Waals surface area contributed by atoms with E-state index in [4.69, 9.17) is 27.4 Å². The molecule has 1 heterocycles. The van der Waals surface area contributed by atoms with E-state index >= 15 is 0 Å². The zero-order valence-electron chi connectivity index (χ0n) is 11.9. The molecule has 0 fully saturated rings. The molecule has 114 valence electrons. The molecule has 3 aromatic rings. The molecule has 0 radical (unpaired) electrons. The summed E-state index contributed by atoms with van der Waals surface area (Å²) >= 11 is 12.2. The van der Waals surface area contributed by atoms with Crippen LogP contribution in [0.15, 0.2) is 66.5 Å². The first-order valence-corrected chi connectivity index (χ1v) is 10.0. The SMILES string of the molecule is O=P1(Cl)C=C(c2cccc3ccccc23)c2cc(Cl)ccc2O1. The van der Waals surface area contributed by atoms with Gasteiger partial charge in [-0.05, 0) is 45.8 Å². The van der Waals surface area contributed by atoms with E-state index in [-0.39, 0.29) is 0 Å². The average molecular weight is 361 g/mol. The Kier molecular flexibility index (Phi) is 3.50. The van der Waals surface area contributed by atoms with Crippen molar-refractivity contribution in [2.75, 3.05) is 0 Å². The van der Waals surface area contributed by atoms with Crippen molar-refractivity contribution >= 4 is 45.9 Å². The molecule has 23 heavy (non-hydrogen) atoms. The largest absolute Gasteiger partial charge is 0.429 e. The second kappa shape index (κ2) is 5.42. The fourth-order valence-corrected chi connectivity index (χ4v) is 4.61. The van der Waals surface area contributed by atoms with E-state index in [2.05, 4.69) is 0 Å². The quantitative estimate of drug-likeness (QED) is 0.451. The Morgan fingerprint density at radius 3 is 2.57 bits per heavy atom. The van der Waals surface area contributed by atoms with Crippen LogP contribution in [-0.2, 0) is 4.57 Å². The Balaban J connectivity index is 2.05. The van der Waals surface area contributed by atoms with Crippen LogP contribution in [0.25, 0.3) is 16.3 Å². The molecular weight excluding hydrogens is 350 g/mol. The fourth-order valence-electron chi connectivity index (χ4n) is 2.85. The summed E-state index contributed by atoms with van der Waals surface area (Å²) in [6.07, 6.45) is 0. The molecule has 1 aliphatic rings. The van der Waals surface area contributed by atoms with Crippen molar-refractivity contribution in [3.8, 4) is 5.75 Å². The highest BCUT2D eigenvalue weighted by Crippen LogP contribution is 2.61. The van der Waals surface area contributed by atoms with Gasteiger partial charge in [-0.3, -0.25) is 4.57 Å². The first-order chi connectivity index (χ1) is 11.0. The zero-order chi connectivity index (χ0) is 16.0. The van der Waals surface area contributed by atoms with Crippen LogP contribution in [0.3, 0.4) is 0 Å². The molecule has 0 bridgehead atoms. The molecule has 0 amide bonds. The first-order valence-electron chi connectivity index (χ1n) is 7.03. The van der Waals surface area contributed by atoms with Gasteiger partial charge in [0.05, 0.1) is 0 Å². The Morgan fingerprint density at radius 2 is 1.70 bits per heavy atom. The van der Waals surface area contributed by atoms with Gasteiger partial charge in [-0.25, -0.2) is 0 Å². The number of hydrogen-bond donors (Lipinski definition) is 0. The van der Waals surface area contributed by atoms with Gasteiger partial charge in [-0.15, -0.1) is 0 Å². The van der Waals surface area contributed by atoms with Crippen LogP contribution >= 0.6 is 29.6 Å². The van der Waals surface area contributed by atoms with Gasteiger partial charge >= 0.3 is 6.72 Å². The van der Waals surface area contributed by atoms with Crippen LogP contribution in [0, 0.1) is 0 Å². The maximum absolute atomic E-state index is 12.4. The van der Waals surface area contributed by atoms with Crippen LogP contribution < -0.4 is 4.52 Å². The summed E-state index contributed by atoms with van der Waals surface area (Å²) in [5.41, 5.74) is 2.53. The van der Waals surface area contributed by atoms with Gasteiger partial charge in [-0.1, -0.05) is 54.1 Å². The van der Waals surface area contributed by atoms with Crippen LogP contribution in [0.4, 0.5) is 0 Å². The second-order valence-corrected chi connectivity index (χ2v) is 8.65. The predicted molar refractivity (Wildman–Crippen MR) is 96.6 cm³/mol. The fraction of sp³-hybridized carbons (Fsp3) is 0. The minimum absolute atomic E-state index is 0.484. The summed E-state index contributed by atoms with van der Waals surface area (Å²) in [6, 6.07) is 19.2. The van der Waals surface area contributed by atoms with Crippen LogP contribution in [-0.4, -0.2) is 0 Å². The lowest BCUT2D eigenvalue weighted by molar-refractivity contribution is 0.505. The second-order valence-electron chi connectivity index (χ2n) is 5.32. The molecule has 1 unspecified atom stereocenters. The molecule has 0 aromatic heterocycles. The van der Waals surface area contributed by atoms with E-state index in [1.54, 1.807) is 18.2 Å². The third-order valence-electron chi connectivity index (χ3n) is 3.82. The van der Waals surface area contributed by atoms with Crippen molar-refractivity contribution in [3.63, 3.8) is 0 Å². The van der Waals surface area contributed by atoms with Crippen LogP contribution in [0.5, 0.6) is 5.75 Å². The van der Waals surface area contributed by atoms with E-state index in [1.165, 1.54) is 5.82 Å². The monoisotopic (exact) mass is 360 g/mol. The Labute approximate surface area is 143 Å². The summed E-state index contributed by atoms with van der Waals surface area (Å²) in [5.74, 6) is 1.99. The maximum atomic E-state index is 12.4. The summed E-state index contributed by atoms with van der Waals surface area (Å²) < 4.78 is 17.9. The van der Waals surface area contributed by atoms with Gasteiger partial charge in [0.15, 0.2) is 0 Å². The third-order valence-corrected chi connectivity index (χ3v) is 5.56. The van der Waals surface area contributed by atoms with E-state index in [9.17, 15) is 4.57 Å². The van der Waals surface area contributed by atoms with Crippen LogP contribution in [0.2, 0.25) is 5.02 Å². The highest BCUT2D eigenvalue weighted by molar-refractivity contribution is 7.88. The number of benzene rings is 3. The van der Waals surface area contributed by atoms with Gasteiger partial charge in [0, 0.05) is 22.0 Å². The minimum atomic E-state index is -3.37. The lowest BCUT2D eigenvalue weighted by Crippen LogP contribution is -2.00. The maximum Gasteiger partial charge on any atom is 0.360 e. The number of halogens is 2. The topological polar surface area (TPSA) is 26.3 Å². The van der Waals surface area contributed by atoms with Crippen molar-refractivity contribution < 1.29 is 9.09 Å². The number of hydrogen-bond acceptors (Lipinski definition) is 2. The van der Waals surface area contributed by atoms with E-state index in [0.29, 0.717) is 10.8 Å². The van der Waals surface area contributed by atoms with E-state index < -0.39 is 6.72 Å². The Morgan fingerprint density at radius 1 is 0.913 bits per heavy atom. The summed E-state index contributed by atoms with van der Waals surface area (Å²) in [7, 11) is 0. The average Bonchev–Trinajstić information content (AvgIpc) is 2.53. The normalized spacial score (nSPS) is 19.8. The van der Waals surface area contributed by atoms with Gasteiger partial charge in [0.25, 0.3) is 0 Å². The lowest BCUT2D eigenvalue weighted by Gasteiger charge is -2.23. The van der Waals surface area contributed by atoms with Gasteiger partial charge < -0.3 is 4.52 Å². The number of fused-ring (bicyclic) bond motifs is 2. The van der Waals surface area contributed by atoms with Gasteiger partial charge in [-0.2, -0.15) is 0 Å². The van der Waals surface area contributed by atoms with Gasteiger partial charge in [0.1, 0.15) is 5.75 Å². The predicted octanol–water partition coefficient (Wildman–Crippen LogP) is 6.71. The first kappa shape index (κ1) is 14.8.